The Kier molecular flexibility index (Phi) is 4.63. The largest absolute Gasteiger partial charge is 0.380 e. The van der Waals surface area contributed by atoms with E-state index in [0.29, 0.717) is 29.3 Å². The highest BCUT2D eigenvalue weighted by atomic mass is 19.1. The summed E-state index contributed by atoms with van der Waals surface area (Å²) in [6.07, 6.45) is 3.48. The summed E-state index contributed by atoms with van der Waals surface area (Å²) in [6, 6.07) is 4.93. The summed E-state index contributed by atoms with van der Waals surface area (Å²) in [4.78, 5) is 11.1. The minimum atomic E-state index is -0.274. The van der Waals surface area contributed by atoms with Gasteiger partial charge in [-0.15, -0.1) is 0 Å². The topological polar surface area (TPSA) is 41.1 Å². The molecule has 110 valence electrons. The molecular formula is C16H23FN2O. The molecule has 1 aliphatic carbocycles. The zero-order valence-electron chi connectivity index (χ0n) is 12.4. The van der Waals surface area contributed by atoms with Crippen LogP contribution in [0.4, 0.5) is 15.8 Å². The Morgan fingerprint density at radius 1 is 1.30 bits per heavy atom. The van der Waals surface area contributed by atoms with Crippen LogP contribution in [-0.4, -0.2) is 11.9 Å². The van der Waals surface area contributed by atoms with Crippen LogP contribution < -0.4 is 10.6 Å². The number of carbonyl (C=O) groups is 1. The predicted molar refractivity (Wildman–Crippen MR) is 80.3 cm³/mol. The molecular weight excluding hydrogens is 255 g/mol. The Morgan fingerprint density at radius 3 is 2.75 bits per heavy atom. The molecule has 1 amide bonds. The van der Waals surface area contributed by atoms with E-state index in [4.69, 9.17) is 0 Å². The number of anilines is 2. The summed E-state index contributed by atoms with van der Waals surface area (Å²) < 4.78 is 13.9. The van der Waals surface area contributed by atoms with Crippen molar-refractivity contribution in [3.63, 3.8) is 0 Å². The first-order chi connectivity index (χ1) is 9.45. The molecule has 3 unspecified atom stereocenters. The predicted octanol–water partition coefficient (Wildman–Crippen LogP) is 4.02. The second-order valence-electron chi connectivity index (χ2n) is 6.02. The molecule has 0 saturated heterocycles. The highest BCUT2D eigenvalue weighted by Gasteiger charge is 2.25. The molecule has 1 fully saturated rings. The van der Waals surface area contributed by atoms with Crippen LogP contribution in [0.5, 0.6) is 0 Å². The molecule has 1 saturated carbocycles. The average Bonchev–Trinajstić information content (AvgIpc) is 2.37. The Balaban J connectivity index is 2.13. The van der Waals surface area contributed by atoms with Crippen molar-refractivity contribution in [2.24, 2.45) is 11.8 Å². The van der Waals surface area contributed by atoms with Gasteiger partial charge >= 0.3 is 0 Å². The van der Waals surface area contributed by atoms with E-state index >= 15 is 0 Å². The van der Waals surface area contributed by atoms with E-state index in [1.54, 1.807) is 12.1 Å². The van der Waals surface area contributed by atoms with Crippen molar-refractivity contribution in [1.29, 1.82) is 0 Å². The molecule has 20 heavy (non-hydrogen) atoms. The Hall–Kier alpha value is -1.58. The van der Waals surface area contributed by atoms with Crippen LogP contribution in [0.15, 0.2) is 18.2 Å². The number of carbonyl (C=O) groups excluding carboxylic acids is 1. The molecule has 0 radical (unpaired) electrons. The molecule has 0 heterocycles. The Morgan fingerprint density at radius 2 is 2.05 bits per heavy atom. The van der Waals surface area contributed by atoms with Crippen LogP contribution in [0.3, 0.4) is 0 Å². The summed E-state index contributed by atoms with van der Waals surface area (Å²) in [5.74, 6) is 0.784. The molecule has 0 aromatic heterocycles. The zero-order chi connectivity index (χ0) is 14.7. The van der Waals surface area contributed by atoms with Crippen LogP contribution in [0, 0.1) is 17.7 Å². The van der Waals surface area contributed by atoms with Gasteiger partial charge < -0.3 is 10.6 Å². The van der Waals surface area contributed by atoms with Gasteiger partial charge in [0.2, 0.25) is 5.91 Å². The number of nitrogens with one attached hydrogen (secondary N) is 2. The van der Waals surface area contributed by atoms with Gasteiger partial charge in [-0.3, -0.25) is 4.79 Å². The molecule has 3 nitrogen and oxygen atoms in total. The maximum atomic E-state index is 13.9. The average molecular weight is 278 g/mol. The molecule has 2 rings (SSSR count). The smallest absolute Gasteiger partial charge is 0.221 e. The van der Waals surface area contributed by atoms with E-state index in [9.17, 15) is 9.18 Å². The van der Waals surface area contributed by atoms with Crippen LogP contribution in [0.2, 0.25) is 0 Å². The number of benzene rings is 1. The Labute approximate surface area is 120 Å². The second-order valence-corrected chi connectivity index (χ2v) is 6.02. The van der Waals surface area contributed by atoms with Gasteiger partial charge in [0.15, 0.2) is 0 Å². The first kappa shape index (κ1) is 14.8. The summed E-state index contributed by atoms with van der Waals surface area (Å²) in [7, 11) is 0. The second kappa shape index (κ2) is 6.25. The fourth-order valence-corrected chi connectivity index (χ4v) is 2.85. The van der Waals surface area contributed by atoms with Gasteiger partial charge in [0, 0.05) is 18.7 Å². The third-order valence-corrected chi connectivity index (χ3v) is 4.09. The van der Waals surface area contributed by atoms with Crippen LogP contribution >= 0.6 is 0 Å². The van der Waals surface area contributed by atoms with Gasteiger partial charge in [-0.25, -0.2) is 4.39 Å². The van der Waals surface area contributed by atoms with Crippen molar-refractivity contribution in [3.05, 3.63) is 24.0 Å². The van der Waals surface area contributed by atoms with Crippen LogP contribution in [0.25, 0.3) is 0 Å². The van der Waals surface area contributed by atoms with Crippen molar-refractivity contribution in [1.82, 2.24) is 0 Å². The number of rotatable bonds is 3. The monoisotopic (exact) mass is 278 g/mol. The lowest BCUT2D eigenvalue weighted by atomic mass is 9.80. The highest BCUT2D eigenvalue weighted by Crippen LogP contribution is 2.31. The van der Waals surface area contributed by atoms with Crippen molar-refractivity contribution in [2.75, 3.05) is 10.6 Å². The van der Waals surface area contributed by atoms with E-state index in [0.717, 1.165) is 6.42 Å². The van der Waals surface area contributed by atoms with Crippen LogP contribution in [0.1, 0.15) is 40.0 Å². The molecule has 2 N–H and O–H groups in total. The van der Waals surface area contributed by atoms with Gasteiger partial charge in [0.05, 0.1) is 5.69 Å². The van der Waals surface area contributed by atoms with Crippen molar-refractivity contribution in [2.45, 2.75) is 46.1 Å². The quantitative estimate of drug-likeness (QED) is 0.876. The molecule has 0 spiro atoms. The zero-order valence-corrected chi connectivity index (χ0v) is 12.4. The summed E-state index contributed by atoms with van der Waals surface area (Å²) in [5.41, 5.74) is 1.10. The first-order valence-corrected chi connectivity index (χ1v) is 7.29. The lowest BCUT2D eigenvalue weighted by molar-refractivity contribution is -0.114. The molecule has 1 aliphatic rings. The van der Waals surface area contributed by atoms with E-state index in [1.165, 1.54) is 25.8 Å². The molecule has 1 aromatic rings. The van der Waals surface area contributed by atoms with Gasteiger partial charge in [0.25, 0.3) is 0 Å². The van der Waals surface area contributed by atoms with Gasteiger partial charge in [-0.2, -0.15) is 0 Å². The SMILES string of the molecule is CC(=O)Nc1ccc(F)c(NC2CC(C)CCC2C)c1. The van der Waals surface area contributed by atoms with Gasteiger partial charge in [-0.05, 0) is 42.9 Å². The highest BCUT2D eigenvalue weighted by molar-refractivity contribution is 5.89. The number of amides is 1. The standard InChI is InChI=1S/C16H23FN2O/c1-10-4-5-11(2)15(8-10)19-16-9-13(18-12(3)20)6-7-14(16)17/h6-7,9-11,15,19H,4-5,8H2,1-3H3,(H,18,20). The number of hydrogen-bond acceptors (Lipinski definition) is 2. The van der Waals surface area contributed by atoms with E-state index in [2.05, 4.69) is 24.5 Å². The van der Waals surface area contributed by atoms with Crippen molar-refractivity contribution >= 4 is 17.3 Å². The number of hydrogen-bond donors (Lipinski definition) is 2. The van der Waals surface area contributed by atoms with Gasteiger partial charge in [0.1, 0.15) is 5.82 Å². The summed E-state index contributed by atoms with van der Waals surface area (Å²) >= 11 is 0. The molecule has 0 bridgehead atoms. The first-order valence-electron chi connectivity index (χ1n) is 7.29. The molecule has 4 heteroatoms. The number of halogens is 1. The van der Waals surface area contributed by atoms with Crippen molar-refractivity contribution < 1.29 is 9.18 Å². The van der Waals surface area contributed by atoms with Crippen molar-refractivity contribution in [3.8, 4) is 0 Å². The third kappa shape index (κ3) is 3.71. The normalized spacial score (nSPS) is 26.1. The van der Waals surface area contributed by atoms with Crippen LogP contribution in [-0.2, 0) is 4.79 Å². The maximum Gasteiger partial charge on any atom is 0.221 e. The minimum Gasteiger partial charge on any atom is -0.380 e. The van der Waals surface area contributed by atoms with E-state index < -0.39 is 0 Å². The molecule has 0 aliphatic heterocycles. The Bertz CT molecular complexity index is 489. The van der Waals surface area contributed by atoms with Gasteiger partial charge in [-0.1, -0.05) is 20.3 Å². The lowest BCUT2D eigenvalue weighted by Gasteiger charge is -2.34. The molecule has 3 atom stereocenters. The summed E-state index contributed by atoms with van der Waals surface area (Å²) in [5, 5.41) is 6.00. The fraction of sp³-hybridized carbons (Fsp3) is 0.562. The third-order valence-electron chi connectivity index (χ3n) is 4.09. The lowest BCUT2D eigenvalue weighted by Crippen LogP contribution is -2.33. The fourth-order valence-electron chi connectivity index (χ4n) is 2.85. The van der Waals surface area contributed by atoms with E-state index in [-0.39, 0.29) is 11.7 Å². The summed E-state index contributed by atoms with van der Waals surface area (Å²) in [6.45, 7) is 5.89. The molecule has 1 aromatic carbocycles. The maximum absolute atomic E-state index is 13.9. The minimum absolute atomic E-state index is 0.151. The van der Waals surface area contributed by atoms with E-state index in [1.807, 2.05) is 0 Å².